The molecule has 19 heavy (non-hydrogen) atoms. The monoisotopic (exact) mass is 291 g/mol. The SMILES string of the molecule is CCN(C=C(C(=O)C(F)(F)F)C(=O)C(F)(F)F)CC. The molecule has 110 valence electrons. The summed E-state index contributed by atoms with van der Waals surface area (Å²) in [6, 6.07) is 0. The van der Waals surface area contributed by atoms with Gasteiger partial charge in [0.05, 0.1) is 5.57 Å². The molecule has 0 aliphatic carbocycles. The maximum absolute atomic E-state index is 12.2. The first-order valence-electron chi connectivity index (χ1n) is 5.14. The Labute approximate surface area is 104 Å². The number of allylic oxidation sites excluding steroid dienone is 1. The molecule has 0 spiro atoms. The van der Waals surface area contributed by atoms with Crippen LogP contribution in [-0.4, -0.2) is 41.9 Å². The second-order valence-corrected chi connectivity index (χ2v) is 3.42. The number of nitrogens with zero attached hydrogens (tertiary/aromatic N) is 1. The number of alkyl halides is 6. The van der Waals surface area contributed by atoms with E-state index in [2.05, 4.69) is 0 Å². The molecule has 0 aliphatic heterocycles. The second-order valence-electron chi connectivity index (χ2n) is 3.42. The molecule has 3 nitrogen and oxygen atoms in total. The summed E-state index contributed by atoms with van der Waals surface area (Å²) in [5, 5.41) is 0. The Balaban J connectivity index is 5.65. The molecule has 0 atom stereocenters. The first-order valence-corrected chi connectivity index (χ1v) is 5.14. The molecule has 0 heterocycles. The normalized spacial score (nSPS) is 12.0. The first kappa shape index (κ1) is 17.5. The fraction of sp³-hybridized carbons (Fsp3) is 0.600. The lowest BCUT2D eigenvalue weighted by molar-refractivity contribution is -0.175. The van der Waals surface area contributed by atoms with E-state index < -0.39 is 29.5 Å². The van der Waals surface area contributed by atoms with Gasteiger partial charge in [-0.25, -0.2) is 0 Å². The van der Waals surface area contributed by atoms with Gasteiger partial charge in [0, 0.05) is 19.3 Å². The smallest absolute Gasteiger partial charge is 0.377 e. The highest BCUT2D eigenvalue weighted by molar-refractivity contribution is 6.23. The van der Waals surface area contributed by atoms with Gasteiger partial charge >= 0.3 is 12.4 Å². The number of ketones is 2. The molecule has 0 aromatic carbocycles. The van der Waals surface area contributed by atoms with E-state index in [1.54, 1.807) is 0 Å². The van der Waals surface area contributed by atoms with E-state index in [9.17, 15) is 35.9 Å². The van der Waals surface area contributed by atoms with Crippen LogP contribution in [0.4, 0.5) is 26.3 Å². The Hall–Kier alpha value is -1.54. The number of hydrogen-bond acceptors (Lipinski definition) is 3. The van der Waals surface area contributed by atoms with Crippen LogP contribution >= 0.6 is 0 Å². The molecule has 0 bridgehead atoms. The van der Waals surface area contributed by atoms with Crippen LogP contribution in [0.2, 0.25) is 0 Å². The van der Waals surface area contributed by atoms with Gasteiger partial charge in [-0.05, 0) is 13.8 Å². The number of carbonyl (C=O) groups is 2. The summed E-state index contributed by atoms with van der Waals surface area (Å²) < 4.78 is 73.1. The van der Waals surface area contributed by atoms with Crippen LogP contribution in [0.5, 0.6) is 0 Å². The lowest BCUT2D eigenvalue weighted by atomic mass is 10.1. The molecule has 0 saturated carbocycles. The van der Waals surface area contributed by atoms with Crippen molar-refractivity contribution in [3.05, 3.63) is 11.8 Å². The van der Waals surface area contributed by atoms with Crippen LogP contribution < -0.4 is 0 Å². The van der Waals surface area contributed by atoms with Gasteiger partial charge in [-0.1, -0.05) is 0 Å². The van der Waals surface area contributed by atoms with Gasteiger partial charge in [-0.15, -0.1) is 0 Å². The highest BCUT2D eigenvalue weighted by Crippen LogP contribution is 2.27. The van der Waals surface area contributed by atoms with Gasteiger partial charge in [0.15, 0.2) is 0 Å². The predicted octanol–water partition coefficient (Wildman–Crippen LogP) is 2.47. The van der Waals surface area contributed by atoms with E-state index in [-0.39, 0.29) is 13.1 Å². The molecule has 0 fully saturated rings. The minimum absolute atomic E-state index is 0.0519. The quantitative estimate of drug-likeness (QED) is 0.338. The minimum atomic E-state index is -5.54. The van der Waals surface area contributed by atoms with Crippen LogP contribution in [0.25, 0.3) is 0 Å². The maximum Gasteiger partial charge on any atom is 0.455 e. The third-order valence-electron chi connectivity index (χ3n) is 2.13. The summed E-state index contributed by atoms with van der Waals surface area (Å²) in [6.45, 7) is 3.01. The fourth-order valence-electron chi connectivity index (χ4n) is 1.11. The maximum atomic E-state index is 12.2. The fourth-order valence-corrected chi connectivity index (χ4v) is 1.11. The summed E-state index contributed by atoms with van der Waals surface area (Å²) in [4.78, 5) is 22.7. The molecule has 0 N–H and O–H groups in total. The molecule has 0 aromatic heterocycles. The zero-order valence-electron chi connectivity index (χ0n) is 10.0. The van der Waals surface area contributed by atoms with Gasteiger partial charge in [0.2, 0.25) is 0 Å². The number of hydrogen-bond donors (Lipinski definition) is 0. The predicted molar refractivity (Wildman–Crippen MR) is 53.1 cm³/mol. The Morgan fingerprint density at radius 2 is 1.21 bits per heavy atom. The van der Waals surface area contributed by atoms with Crippen molar-refractivity contribution < 1.29 is 35.9 Å². The zero-order valence-corrected chi connectivity index (χ0v) is 10.0. The summed E-state index contributed by atoms with van der Waals surface area (Å²) in [6.07, 6.45) is -10.8. The van der Waals surface area contributed by atoms with E-state index in [4.69, 9.17) is 0 Å². The first-order chi connectivity index (χ1) is 8.45. The largest absolute Gasteiger partial charge is 0.455 e. The Morgan fingerprint density at radius 1 is 0.895 bits per heavy atom. The highest BCUT2D eigenvalue weighted by atomic mass is 19.4. The third kappa shape index (κ3) is 4.92. The van der Waals surface area contributed by atoms with Crippen LogP contribution in [0.1, 0.15) is 13.8 Å². The lowest BCUT2D eigenvalue weighted by Gasteiger charge is -2.18. The van der Waals surface area contributed by atoms with Gasteiger partial charge in [-0.3, -0.25) is 9.59 Å². The molecule has 0 amide bonds. The Bertz CT molecular complexity index is 350. The van der Waals surface area contributed by atoms with Crippen molar-refractivity contribution in [3.63, 3.8) is 0 Å². The van der Waals surface area contributed by atoms with E-state index in [0.29, 0.717) is 6.20 Å². The standard InChI is InChI=1S/C10H11F6NO2/c1-3-17(4-2)5-6(7(18)9(11,12)13)8(19)10(14,15)16/h5H,3-4H2,1-2H3. The lowest BCUT2D eigenvalue weighted by Crippen LogP contribution is -2.36. The summed E-state index contributed by atoms with van der Waals surface area (Å²) in [5.74, 6) is -5.61. The molecule has 0 radical (unpaired) electrons. The summed E-state index contributed by atoms with van der Waals surface area (Å²) >= 11 is 0. The van der Waals surface area contributed by atoms with Gasteiger partial charge in [0.25, 0.3) is 11.6 Å². The van der Waals surface area contributed by atoms with Crippen LogP contribution in [-0.2, 0) is 9.59 Å². The number of Topliss-reactive ketones (excluding diaryl/α,β-unsaturated/α-hetero) is 2. The van der Waals surface area contributed by atoms with Crippen molar-refractivity contribution in [3.8, 4) is 0 Å². The van der Waals surface area contributed by atoms with Crippen LogP contribution in [0.15, 0.2) is 11.8 Å². The van der Waals surface area contributed by atoms with Crippen molar-refractivity contribution >= 4 is 11.6 Å². The van der Waals surface area contributed by atoms with E-state index in [1.807, 2.05) is 0 Å². The van der Waals surface area contributed by atoms with Crippen molar-refractivity contribution in [1.82, 2.24) is 4.90 Å². The van der Waals surface area contributed by atoms with E-state index in [1.165, 1.54) is 13.8 Å². The van der Waals surface area contributed by atoms with Crippen molar-refractivity contribution in [2.45, 2.75) is 26.2 Å². The topological polar surface area (TPSA) is 37.4 Å². The third-order valence-corrected chi connectivity index (χ3v) is 2.13. The van der Waals surface area contributed by atoms with Gasteiger partial charge in [-0.2, -0.15) is 26.3 Å². The molecular formula is C10H11F6NO2. The molecule has 0 saturated heterocycles. The molecule has 0 rings (SSSR count). The summed E-state index contributed by atoms with van der Waals surface area (Å²) in [5.41, 5.74) is -1.93. The number of rotatable bonds is 5. The molecule has 0 aliphatic rings. The zero-order chi connectivity index (χ0) is 15.4. The molecular weight excluding hydrogens is 280 g/mol. The van der Waals surface area contributed by atoms with E-state index in [0.717, 1.165) is 4.90 Å². The van der Waals surface area contributed by atoms with Gasteiger partial charge in [0.1, 0.15) is 0 Å². The van der Waals surface area contributed by atoms with Crippen molar-refractivity contribution in [1.29, 1.82) is 0 Å². The Morgan fingerprint density at radius 3 is 1.42 bits per heavy atom. The minimum Gasteiger partial charge on any atom is -0.377 e. The molecule has 0 aromatic rings. The summed E-state index contributed by atoms with van der Waals surface area (Å²) in [7, 11) is 0. The average molecular weight is 291 g/mol. The number of carbonyl (C=O) groups excluding carboxylic acids is 2. The van der Waals surface area contributed by atoms with E-state index >= 15 is 0 Å². The van der Waals surface area contributed by atoms with Crippen molar-refractivity contribution in [2.75, 3.05) is 13.1 Å². The van der Waals surface area contributed by atoms with Crippen LogP contribution in [0, 0.1) is 0 Å². The average Bonchev–Trinajstić information content (AvgIpc) is 2.27. The Kier molecular flexibility index (Phi) is 5.58. The van der Waals surface area contributed by atoms with Crippen molar-refractivity contribution in [2.24, 2.45) is 0 Å². The molecule has 9 heteroatoms. The molecule has 0 unspecified atom stereocenters. The van der Waals surface area contributed by atoms with Gasteiger partial charge < -0.3 is 4.90 Å². The number of halogens is 6. The van der Waals surface area contributed by atoms with Crippen LogP contribution in [0.3, 0.4) is 0 Å². The second kappa shape index (κ2) is 6.07. The highest BCUT2D eigenvalue weighted by Gasteiger charge is 2.50.